The molecular formula is C13H15ClN4O2. The standard InChI is InChI=1S/C13H15ClN4O2/c1-7-10(13(19-3)18(2)17-7)12-15-9-4-5-20-6-8(9)11(14)16-12/h4-6H2,1-3H3. The summed E-state index contributed by atoms with van der Waals surface area (Å²) in [6.07, 6.45) is 0.742. The van der Waals surface area contributed by atoms with Crippen molar-refractivity contribution in [2.45, 2.75) is 20.0 Å². The fraction of sp³-hybridized carbons (Fsp3) is 0.462. The first-order valence-corrected chi connectivity index (χ1v) is 6.70. The average molecular weight is 295 g/mol. The van der Waals surface area contributed by atoms with Crippen molar-refractivity contribution in [3.8, 4) is 17.3 Å². The molecule has 0 atom stereocenters. The predicted molar refractivity (Wildman–Crippen MR) is 73.9 cm³/mol. The van der Waals surface area contributed by atoms with Gasteiger partial charge in [-0.25, -0.2) is 14.6 Å². The summed E-state index contributed by atoms with van der Waals surface area (Å²) in [5.41, 5.74) is 3.41. The van der Waals surface area contributed by atoms with Crippen molar-refractivity contribution in [2.24, 2.45) is 7.05 Å². The summed E-state index contributed by atoms with van der Waals surface area (Å²) >= 11 is 6.25. The SMILES string of the molecule is COc1c(-c2nc(Cl)c3c(n2)CCOC3)c(C)nn1C. The predicted octanol–water partition coefficient (Wildman–Crippen LogP) is 1.92. The molecule has 0 saturated carbocycles. The molecule has 3 rings (SSSR count). The molecule has 6 nitrogen and oxygen atoms in total. The minimum Gasteiger partial charge on any atom is -0.481 e. The topological polar surface area (TPSA) is 62.1 Å². The number of hydrogen-bond acceptors (Lipinski definition) is 5. The van der Waals surface area contributed by atoms with Crippen molar-refractivity contribution in [1.29, 1.82) is 0 Å². The van der Waals surface area contributed by atoms with Crippen LogP contribution in [0.1, 0.15) is 17.0 Å². The van der Waals surface area contributed by atoms with Crippen LogP contribution >= 0.6 is 11.6 Å². The third-order valence-corrected chi connectivity index (χ3v) is 3.67. The molecule has 1 aliphatic heterocycles. The first kappa shape index (κ1) is 13.3. The average Bonchev–Trinajstić information content (AvgIpc) is 2.72. The summed E-state index contributed by atoms with van der Waals surface area (Å²) in [5, 5.41) is 4.78. The Kier molecular flexibility index (Phi) is 3.35. The number of methoxy groups -OCH3 is 1. The molecule has 0 unspecified atom stereocenters. The summed E-state index contributed by atoms with van der Waals surface area (Å²) in [5.74, 6) is 1.18. The van der Waals surface area contributed by atoms with E-state index in [1.807, 2.05) is 14.0 Å². The van der Waals surface area contributed by atoms with Crippen molar-refractivity contribution in [3.05, 3.63) is 22.1 Å². The molecule has 0 bridgehead atoms. The Bertz CT molecular complexity index is 669. The van der Waals surface area contributed by atoms with Crippen LogP contribution in [0.15, 0.2) is 0 Å². The first-order chi connectivity index (χ1) is 9.61. The molecule has 0 N–H and O–H groups in total. The molecule has 0 spiro atoms. The van der Waals surface area contributed by atoms with Crippen LogP contribution in [0.2, 0.25) is 5.15 Å². The van der Waals surface area contributed by atoms with Crippen LogP contribution in [-0.4, -0.2) is 33.5 Å². The lowest BCUT2D eigenvalue weighted by atomic mass is 10.1. The molecule has 0 aliphatic carbocycles. The van der Waals surface area contributed by atoms with Gasteiger partial charge in [-0.15, -0.1) is 0 Å². The van der Waals surface area contributed by atoms with E-state index in [4.69, 9.17) is 21.1 Å². The molecule has 0 amide bonds. The van der Waals surface area contributed by atoms with Crippen molar-refractivity contribution >= 4 is 11.6 Å². The van der Waals surface area contributed by atoms with Gasteiger partial charge < -0.3 is 9.47 Å². The van der Waals surface area contributed by atoms with E-state index < -0.39 is 0 Å². The third kappa shape index (κ3) is 2.05. The molecular weight excluding hydrogens is 280 g/mol. The van der Waals surface area contributed by atoms with Crippen molar-refractivity contribution in [2.75, 3.05) is 13.7 Å². The van der Waals surface area contributed by atoms with Gasteiger partial charge >= 0.3 is 0 Å². The molecule has 106 valence electrons. The highest BCUT2D eigenvalue weighted by Crippen LogP contribution is 2.33. The molecule has 0 aromatic carbocycles. The van der Waals surface area contributed by atoms with Crippen LogP contribution < -0.4 is 4.74 Å². The van der Waals surface area contributed by atoms with Gasteiger partial charge in [0.1, 0.15) is 10.7 Å². The fourth-order valence-electron chi connectivity index (χ4n) is 2.43. The number of ether oxygens (including phenoxy) is 2. The minimum atomic E-state index is 0.440. The molecule has 0 saturated heterocycles. The molecule has 0 fully saturated rings. The van der Waals surface area contributed by atoms with Gasteiger partial charge in [-0.3, -0.25) is 0 Å². The smallest absolute Gasteiger partial charge is 0.222 e. The molecule has 1 aliphatic rings. The van der Waals surface area contributed by atoms with Gasteiger partial charge in [0.15, 0.2) is 5.82 Å². The second-order valence-electron chi connectivity index (χ2n) is 4.66. The zero-order valence-corrected chi connectivity index (χ0v) is 12.4. The number of halogens is 1. The minimum absolute atomic E-state index is 0.440. The lowest BCUT2D eigenvalue weighted by molar-refractivity contribution is 0.109. The Balaban J connectivity index is 2.18. The largest absolute Gasteiger partial charge is 0.481 e. The van der Waals surface area contributed by atoms with Crippen LogP contribution in [0, 0.1) is 6.92 Å². The summed E-state index contributed by atoms with van der Waals surface area (Å²) in [4.78, 5) is 9.00. The highest BCUT2D eigenvalue weighted by Gasteiger charge is 2.23. The van der Waals surface area contributed by atoms with Crippen molar-refractivity contribution < 1.29 is 9.47 Å². The van der Waals surface area contributed by atoms with Crippen LogP contribution in [0.3, 0.4) is 0 Å². The second kappa shape index (κ2) is 5.03. The van der Waals surface area contributed by atoms with Gasteiger partial charge in [-0.1, -0.05) is 11.6 Å². The number of aryl methyl sites for hydroxylation is 2. The van der Waals surface area contributed by atoms with Gasteiger partial charge in [-0.05, 0) is 6.92 Å². The first-order valence-electron chi connectivity index (χ1n) is 6.32. The van der Waals surface area contributed by atoms with Gasteiger partial charge in [0.2, 0.25) is 5.88 Å². The second-order valence-corrected chi connectivity index (χ2v) is 5.02. The Hall–Kier alpha value is -1.66. The molecule has 0 radical (unpaired) electrons. The van der Waals surface area contributed by atoms with Gasteiger partial charge in [-0.2, -0.15) is 5.10 Å². The van der Waals surface area contributed by atoms with Gasteiger partial charge in [0.05, 0.1) is 31.7 Å². The van der Waals surface area contributed by atoms with Crippen molar-refractivity contribution in [3.63, 3.8) is 0 Å². The quantitative estimate of drug-likeness (QED) is 0.792. The Labute approximate surface area is 121 Å². The maximum absolute atomic E-state index is 6.25. The molecule has 2 aromatic rings. The van der Waals surface area contributed by atoms with E-state index in [0.29, 0.717) is 30.1 Å². The highest BCUT2D eigenvalue weighted by molar-refractivity contribution is 6.30. The van der Waals surface area contributed by atoms with Crippen LogP contribution in [0.5, 0.6) is 5.88 Å². The molecule has 20 heavy (non-hydrogen) atoms. The van der Waals surface area contributed by atoms with E-state index in [2.05, 4.69) is 15.1 Å². The summed E-state index contributed by atoms with van der Waals surface area (Å²) in [7, 11) is 3.43. The molecule has 7 heteroatoms. The number of hydrogen-bond donors (Lipinski definition) is 0. The van der Waals surface area contributed by atoms with E-state index in [0.717, 1.165) is 28.9 Å². The number of nitrogens with zero attached hydrogens (tertiary/aromatic N) is 4. The molecule has 2 aromatic heterocycles. The Morgan fingerprint density at radius 3 is 2.90 bits per heavy atom. The zero-order chi connectivity index (χ0) is 14.3. The summed E-state index contributed by atoms with van der Waals surface area (Å²) in [6.45, 7) is 3.03. The lowest BCUT2D eigenvalue weighted by Crippen LogP contribution is -2.14. The van der Waals surface area contributed by atoms with Crippen LogP contribution in [0.25, 0.3) is 11.4 Å². The maximum atomic E-state index is 6.25. The number of rotatable bonds is 2. The van der Waals surface area contributed by atoms with Crippen LogP contribution in [0.4, 0.5) is 0 Å². The Morgan fingerprint density at radius 2 is 2.15 bits per heavy atom. The summed E-state index contributed by atoms with van der Waals surface area (Å²) < 4.78 is 12.4. The van der Waals surface area contributed by atoms with E-state index in [-0.39, 0.29) is 0 Å². The number of fused-ring (bicyclic) bond motifs is 1. The van der Waals surface area contributed by atoms with E-state index in [9.17, 15) is 0 Å². The fourth-order valence-corrected chi connectivity index (χ4v) is 2.68. The third-order valence-electron chi connectivity index (χ3n) is 3.36. The number of aromatic nitrogens is 4. The lowest BCUT2D eigenvalue weighted by Gasteiger charge is -2.17. The highest BCUT2D eigenvalue weighted by atomic mass is 35.5. The van der Waals surface area contributed by atoms with E-state index in [1.165, 1.54) is 0 Å². The van der Waals surface area contributed by atoms with Crippen molar-refractivity contribution in [1.82, 2.24) is 19.7 Å². The Morgan fingerprint density at radius 1 is 1.35 bits per heavy atom. The maximum Gasteiger partial charge on any atom is 0.222 e. The van der Waals surface area contributed by atoms with E-state index >= 15 is 0 Å². The zero-order valence-electron chi connectivity index (χ0n) is 11.6. The van der Waals surface area contributed by atoms with Gasteiger partial charge in [0.25, 0.3) is 0 Å². The summed E-state index contributed by atoms with van der Waals surface area (Å²) in [6, 6.07) is 0. The van der Waals surface area contributed by atoms with Gasteiger partial charge in [0, 0.05) is 19.0 Å². The van der Waals surface area contributed by atoms with Crippen LogP contribution in [-0.2, 0) is 24.8 Å². The normalized spacial score (nSPS) is 14.2. The molecule has 3 heterocycles. The monoisotopic (exact) mass is 294 g/mol. The van der Waals surface area contributed by atoms with E-state index in [1.54, 1.807) is 11.8 Å².